The topological polar surface area (TPSA) is 122 Å². The van der Waals surface area contributed by atoms with E-state index >= 15 is 0 Å². The van der Waals surface area contributed by atoms with Gasteiger partial charge in [0, 0.05) is 18.7 Å². The molecule has 4 aliphatic rings. The first kappa shape index (κ1) is 21.3. The van der Waals surface area contributed by atoms with Crippen molar-refractivity contribution in [3.05, 3.63) is 35.2 Å². The monoisotopic (exact) mass is 441 g/mol. The normalized spacial score (nSPS) is 30.6. The highest BCUT2D eigenvalue weighted by atomic mass is 16.5. The highest BCUT2D eigenvalue weighted by Crippen LogP contribution is 2.61. The van der Waals surface area contributed by atoms with Crippen LogP contribution in [0, 0.1) is 17.3 Å². The number of carbonyl (C=O) groups is 1. The van der Waals surface area contributed by atoms with Crippen molar-refractivity contribution in [1.29, 1.82) is 0 Å². The fourth-order valence-electron chi connectivity index (χ4n) is 6.88. The fourth-order valence-corrected chi connectivity index (χ4v) is 6.88. The molecule has 0 aliphatic heterocycles. The van der Waals surface area contributed by atoms with Crippen LogP contribution < -0.4 is 10.1 Å². The van der Waals surface area contributed by atoms with Gasteiger partial charge in [-0.2, -0.15) is 0 Å². The minimum Gasteiger partial charge on any atom is -0.496 e. The predicted octanol–water partition coefficient (Wildman–Crippen LogP) is 1.78. The molecule has 4 fully saturated rings. The lowest BCUT2D eigenvalue weighted by Gasteiger charge is -2.60. The van der Waals surface area contributed by atoms with Crippen molar-refractivity contribution < 1.29 is 19.7 Å². The number of nitrogens with zero attached hydrogens (tertiary/aromatic N) is 4. The van der Waals surface area contributed by atoms with Crippen LogP contribution in [0.15, 0.2) is 18.2 Å². The molecule has 4 aliphatic carbocycles. The van der Waals surface area contributed by atoms with Gasteiger partial charge in [0.2, 0.25) is 0 Å². The van der Waals surface area contributed by atoms with Gasteiger partial charge in [-0.1, -0.05) is 12.1 Å². The molecular weight excluding hydrogens is 410 g/mol. The summed E-state index contributed by atoms with van der Waals surface area (Å²) in [6.07, 6.45) is 6.50. The molecule has 2 atom stereocenters. The average Bonchev–Trinajstić information content (AvgIpc) is 3.13. The van der Waals surface area contributed by atoms with Crippen molar-refractivity contribution in [1.82, 2.24) is 25.5 Å². The molecule has 4 saturated carbocycles. The Balaban J connectivity index is 1.22. The summed E-state index contributed by atoms with van der Waals surface area (Å²) < 4.78 is 7.08. The number of ether oxygens (including phenoxy) is 1. The zero-order valence-corrected chi connectivity index (χ0v) is 18.5. The Bertz CT molecular complexity index is 992. The van der Waals surface area contributed by atoms with Crippen molar-refractivity contribution in [2.45, 2.75) is 63.6 Å². The summed E-state index contributed by atoms with van der Waals surface area (Å²) in [6, 6.07) is 6.05. The molecular formula is C23H31N5O4. The second-order valence-corrected chi connectivity index (χ2v) is 10.3. The number of hydrogen-bond acceptors (Lipinski definition) is 7. The van der Waals surface area contributed by atoms with Crippen molar-refractivity contribution in [3.63, 3.8) is 0 Å². The number of benzene rings is 1. The van der Waals surface area contributed by atoms with Gasteiger partial charge in [0.25, 0.3) is 0 Å². The molecule has 0 spiro atoms. The predicted molar refractivity (Wildman–Crippen MR) is 115 cm³/mol. The van der Waals surface area contributed by atoms with Crippen LogP contribution >= 0.6 is 0 Å². The molecule has 9 heteroatoms. The van der Waals surface area contributed by atoms with E-state index in [2.05, 4.69) is 26.9 Å². The summed E-state index contributed by atoms with van der Waals surface area (Å²) in [4.78, 5) is 11.0. The molecule has 0 amide bonds. The van der Waals surface area contributed by atoms with Gasteiger partial charge in [0.15, 0.2) is 5.82 Å². The minimum atomic E-state index is -0.972. The van der Waals surface area contributed by atoms with E-state index in [1.807, 2.05) is 12.1 Å². The van der Waals surface area contributed by atoms with Crippen LogP contribution in [0.3, 0.4) is 0 Å². The Labute approximate surface area is 187 Å². The van der Waals surface area contributed by atoms with Gasteiger partial charge in [-0.25, -0.2) is 4.68 Å². The lowest BCUT2D eigenvalue weighted by molar-refractivity contribution is -0.162. The smallest absolute Gasteiger partial charge is 0.311 e. The highest BCUT2D eigenvalue weighted by molar-refractivity contribution is 5.68. The fraction of sp³-hybridized carbons (Fsp3) is 0.652. The van der Waals surface area contributed by atoms with E-state index in [1.165, 1.54) is 23.9 Å². The zero-order valence-electron chi connectivity index (χ0n) is 18.5. The number of carboxylic acids is 1. The van der Waals surface area contributed by atoms with Crippen molar-refractivity contribution in [3.8, 4) is 5.75 Å². The largest absolute Gasteiger partial charge is 0.496 e. The molecule has 0 radical (unpaired) electrons. The minimum absolute atomic E-state index is 0.226. The average molecular weight is 442 g/mol. The summed E-state index contributed by atoms with van der Waals surface area (Å²) in [6.45, 7) is 2.02. The summed E-state index contributed by atoms with van der Waals surface area (Å²) in [5.41, 5.74) is 1.82. The molecule has 6 rings (SSSR count). The Morgan fingerprint density at radius 3 is 2.75 bits per heavy atom. The number of rotatable bonds is 9. The maximum Gasteiger partial charge on any atom is 0.311 e. The maximum absolute atomic E-state index is 11.0. The quantitative estimate of drug-likeness (QED) is 0.538. The van der Waals surface area contributed by atoms with Crippen LogP contribution in [0.25, 0.3) is 0 Å². The van der Waals surface area contributed by atoms with Crippen molar-refractivity contribution >= 4 is 5.97 Å². The molecule has 1 aromatic carbocycles. The molecule has 172 valence electrons. The molecule has 32 heavy (non-hydrogen) atoms. The third kappa shape index (κ3) is 4.23. The molecule has 1 heterocycles. The van der Waals surface area contributed by atoms with Crippen LogP contribution in [-0.4, -0.2) is 55.6 Å². The second kappa shape index (κ2) is 8.12. The Kier molecular flexibility index (Phi) is 5.41. The van der Waals surface area contributed by atoms with Gasteiger partial charge in [0.1, 0.15) is 12.2 Å². The number of carboxylic acid groups (broad SMARTS) is 1. The molecule has 3 N–H and O–H groups in total. The summed E-state index contributed by atoms with van der Waals surface area (Å²) in [5.74, 6) is 1.45. The van der Waals surface area contributed by atoms with Gasteiger partial charge < -0.3 is 20.3 Å². The van der Waals surface area contributed by atoms with Crippen LogP contribution in [-0.2, 0) is 24.3 Å². The first-order valence-electron chi connectivity index (χ1n) is 11.4. The van der Waals surface area contributed by atoms with E-state index in [0.29, 0.717) is 24.2 Å². The van der Waals surface area contributed by atoms with Gasteiger partial charge in [0.05, 0.1) is 19.3 Å². The van der Waals surface area contributed by atoms with Crippen LogP contribution in [0.5, 0.6) is 5.75 Å². The van der Waals surface area contributed by atoms with Gasteiger partial charge >= 0.3 is 5.97 Å². The Hall–Kier alpha value is -2.52. The number of nitrogens with one attached hydrogen (secondary N) is 1. The summed E-state index contributed by atoms with van der Waals surface area (Å²) in [7, 11) is 1.63. The van der Waals surface area contributed by atoms with E-state index in [1.54, 1.807) is 7.11 Å². The number of aliphatic hydroxyl groups is 1. The summed E-state index contributed by atoms with van der Waals surface area (Å²) >= 11 is 0. The lowest BCUT2D eigenvalue weighted by atomic mass is 9.48. The van der Waals surface area contributed by atoms with Gasteiger partial charge in [-0.15, -0.1) is 5.10 Å². The maximum atomic E-state index is 11.0. The first-order valence-corrected chi connectivity index (χ1v) is 11.4. The summed E-state index contributed by atoms with van der Waals surface area (Å²) in [5, 5.41) is 34.9. The molecule has 9 nitrogen and oxygen atoms in total. The number of hydrogen-bond donors (Lipinski definition) is 3. The van der Waals surface area contributed by atoms with Crippen LogP contribution in [0.1, 0.15) is 55.5 Å². The zero-order chi connectivity index (χ0) is 22.3. The van der Waals surface area contributed by atoms with Gasteiger partial charge in [-0.3, -0.25) is 4.79 Å². The molecule has 0 saturated heterocycles. The number of aromatic nitrogens is 4. The third-order valence-electron chi connectivity index (χ3n) is 7.57. The highest BCUT2D eigenvalue weighted by Gasteiger charge is 2.56. The molecule has 4 bridgehead atoms. The molecule has 1 aromatic heterocycles. The van der Waals surface area contributed by atoms with Crippen LogP contribution in [0.2, 0.25) is 0 Å². The van der Waals surface area contributed by atoms with E-state index in [9.17, 15) is 9.90 Å². The number of aliphatic carboxylic acids is 1. The lowest BCUT2D eigenvalue weighted by Crippen LogP contribution is -2.58. The second-order valence-electron chi connectivity index (χ2n) is 10.3. The Morgan fingerprint density at radius 2 is 2.06 bits per heavy atom. The molecule has 2 unspecified atom stereocenters. The Morgan fingerprint density at radius 1 is 1.28 bits per heavy atom. The first-order chi connectivity index (χ1) is 15.4. The van der Waals surface area contributed by atoms with E-state index in [0.717, 1.165) is 49.2 Å². The van der Waals surface area contributed by atoms with Crippen molar-refractivity contribution in [2.24, 2.45) is 17.3 Å². The van der Waals surface area contributed by atoms with Crippen LogP contribution in [0.4, 0.5) is 0 Å². The van der Waals surface area contributed by atoms with E-state index in [4.69, 9.17) is 9.84 Å². The number of tetrazole rings is 1. The van der Waals surface area contributed by atoms with Gasteiger partial charge in [-0.05, 0) is 77.8 Å². The SMILES string of the molecule is COc1cc(CNCC23CC4CC(CC(O)(C4)C2)C3)ccc1Cn1nnnc1CC(=O)O. The van der Waals surface area contributed by atoms with E-state index in [-0.39, 0.29) is 11.8 Å². The standard InChI is InChI=1S/C23H31N5O4/c1-32-19-5-15(2-3-18(19)12-28-20(6-21(29)30)25-26-27-28)11-24-14-22-7-16-4-17(8-22)10-23(31,9-16)13-22/h2-3,5,16-17,24,31H,4,6-14H2,1H3,(H,29,30). The van der Waals surface area contributed by atoms with Crippen molar-refractivity contribution in [2.75, 3.05) is 13.7 Å². The molecule has 2 aromatic rings. The number of methoxy groups -OCH3 is 1. The van der Waals surface area contributed by atoms with E-state index < -0.39 is 11.6 Å². The third-order valence-corrected chi connectivity index (χ3v) is 7.57.